The maximum Gasteiger partial charge on any atom is 0.225 e. The van der Waals surface area contributed by atoms with Crippen LogP contribution in [0.1, 0.15) is 30.4 Å². The molecule has 5 heteroatoms. The molecule has 2 aliphatic heterocycles. The summed E-state index contributed by atoms with van der Waals surface area (Å²) in [6.45, 7) is 4.62. The first kappa shape index (κ1) is 17.0. The third-order valence-corrected chi connectivity index (χ3v) is 4.90. The number of hydrogen-bond acceptors (Lipinski definition) is 3. The Hall–Kier alpha value is -1.88. The van der Waals surface area contributed by atoms with Crippen molar-refractivity contribution in [3.8, 4) is 0 Å². The zero-order valence-electron chi connectivity index (χ0n) is 14.3. The minimum absolute atomic E-state index is 0.0170. The number of carbonyl (C=O) groups excluding carboxylic acids is 2. The van der Waals surface area contributed by atoms with Crippen molar-refractivity contribution < 1.29 is 14.3 Å². The summed E-state index contributed by atoms with van der Waals surface area (Å²) in [5.74, 6) is -0.159. The maximum atomic E-state index is 12.3. The average molecular weight is 330 g/mol. The number of nitrogens with one attached hydrogen (secondary N) is 1. The highest BCUT2D eigenvalue weighted by Gasteiger charge is 2.34. The van der Waals surface area contributed by atoms with Gasteiger partial charge in [-0.05, 0) is 31.7 Å². The fraction of sp³-hybridized carbons (Fsp3) is 0.579. The van der Waals surface area contributed by atoms with Crippen molar-refractivity contribution in [2.45, 2.75) is 38.7 Å². The van der Waals surface area contributed by atoms with E-state index in [1.807, 2.05) is 4.90 Å². The molecule has 2 aliphatic rings. The largest absolute Gasteiger partial charge is 0.376 e. The van der Waals surface area contributed by atoms with E-state index in [1.54, 1.807) is 0 Å². The summed E-state index contributed by atoms with van der Waals surface area (Å²) in [6, 6.07) is 8.37. The third-order valence-electron chi connectivity index (χ3n) is 4.90. The molecule has 0 aliphatic carbocycles. The molecule has 1 N–H and O–H groups in total. The number of nitrogens with zero attached hydrogens (tertiary/aromatic N) is 1. The van der Waals surface area contributed by atoms with E-state index in [9.17, 15) is 9.59 Å². The summed E-state index contributed by atoms with van der Waals surface area (Å²) < 4.78 is 5.51. The van der Waals surface area contributed by atoms with Crippen LogP contribution in [-0.2, 0) is 20.7 Å². The van der Waals surface area contributed by atoms with Gasteiger partial charge in [-0.3, -0.25) is 9.59 Å². The van der Waals surface area contributed by atoms with Gasteiger partial charge in [-0.1, -0.05) is 29.8 Å². The topological polar surface area (TPSA) is 58.6 Å². The van der Waals surface area contributed by atoms with Crippen LogP contribution in [0.3, 0.4) is 0 Å². The maximum absolute atomic E-state index is 12.3. The standard InChI is InChI=1S/C19H26N2O3/c1-14-4-6-15(7-5-14)8-9-21-13-16(11-18(21)22)19(23)20-12-17-3-2-10-24-17/h4-7,16-17H,2-3,8-13H2,1H3,(H,20,23)/t16-,17+/m0/s1. The van der Waals surface area contributed by atoms with Crippen molar-refractivity contribution in [2.75, 3.05) is 26.2 Å². The Bertz CT molecular complexity index is 579. The van der Waals surface area contributed by atoms with Gasteiger partial charge in [0.1, 0.15) is 0 Å². The molecule has 2 heterocycles. The first-order valence-electron chi connectivity index (χ1n) is 8.84. The van der Waals surface area contributed by atoms with Gasteiger partial charge in [0.25, 0.3) is 0 Å². The van der Waals surface area contributed by atoms with Crippen LogP contribution in [0, 0.1) is 12.8 Å². The van der Waals surface area contributed by atoms with E-state index in [2.05, 4.69) is 36.5 Å². The quantitative estimate of drug-likeness (QED) is 0.863. The zero-order valence-corrected chi connectivity index (χ0v) is 14.3. The zero-order chi connectivity index (χ0) is 16.9. The van der Waals surface area contributed by atoms with Gasteiger partial charge in [-0.2, -0.15) is 0 Å². The van der Waals surface area contributed by atoms with E-state index in [0.717, 1.165) is 25.9 Å². The molecular weight excluding hydrogens is 304 g/mol. The molecule has 0 spiro atoms. The highest BCUT2D eigenvalue weighted by atomic mass is 16.5. The van der Waals surface area contributed by atoms with E-state index in [-0.39, 0.29) is 23.8 Å². The third kappa shape index (κ3) is 4.35. The second-order valence-electron chi connectivity index (χ2n) is 6.86. The van der Waals surface area contributed by atoms with E-state index in [1.165, 1.54) is 11.1 Å². The molecule has 3 rings (SSSR count). The summed E-state index contributed by atoms with van der Waals surface area (Å²) in [4.78, 5) is 26.2. The van der Waals surface area contributed by atoms with Gasteiger partial charge in [0, 0.05) is 32.7 Å². The Balaban J connectivity index is 1.44. The summed E-state index contributed by atoms with van der Waals surface area (Å²) in [7, 11) is 0. The summed E-state index contributed by atoms with van der Waals surface area (Å²) in [5, 5.41) is 2.94. The number of amides is 2. The first-order valence-corrected chi connectivity index (χ1v) is 8.84. The van der Waals surface area contributed by atoms with E-state index in [0.29, 0.717) is 26.1 Å². The van der Waals surface area contributed by atoms with Gasteiger partial charge in [0.2, 0.25) is 11.8 Å². The van der Waals surface area contributed by atoms with Gasteiger partial charge < -0.3 is 15.0 Å². The Labute approximate surface area is 143 Å². The molecule has 0 bridgehead atoms. The van der Waals surface area contributed by atoms with Gasteiger partial charge >= 0.3 is 0 Å². The minimum Gasteiger partial charge on any atom is -0.376 e. The molecule has 2 amide bonds. The van der Waals surface area contributed by atoms with Crippen LogP contribution in [0.4, 0.5) is 0 Å². The monoisotopic (exact) mass is 330 g/mol. The second kappa shape index (κ2) is 7.79. The molecule has 0 unspecified atom stereocenters. The molecule has 0 aromatic heterocycles. The Morgan fingerprint density at radius 2 is 2.12 bits per heavy atom. The van der Waals surface area contributed by atoms with Crippen LogP contribution in [-0.4, -0.2) is 49.1 Å². The van der Waals surface area contributed by atoms with Crippen LogP contribution < -0.4 is 5.32 Å². The van der Waals surface area contributed by atoms with Gasteiger partial charge in [-0.15, -0.1) is 0 Å². The number of likely N-dealkylation sites (tertiary alicyclic amines) is 1. The number of aryl methyl sites for hydroxylation is 1. The van der Waals surface area contributed by atoms with Crippen molar-refractivity contribution >= 4 is 11.8 Å². The van der Waals surface area contributed by atoms with Crippen molar-refractivity contribution in [3.63, 3.8) is 0 Å². The van der Waals surface area contributed by atoms with Gasteiger partial charge in [0.05, 0.1) is 12.0 Å². The van der Waals surface area contributed by atoms with E-state index in [4.69, 9.17) is 4.74 Å². The Morgan fingerprint density at radius 1 is 1.33 bits per heavy atom. The van der Waals surface area contributed by atoms with E-state index < -0.39 is 0 Å². The van der Waals surface area contributed by atoms with E-state index >= 15 is 0 Å². The minimum atomic E-state index is -0.225. The summed E-state index contributed by atoms with van der Waals surface area (Å²) in [5.41, 5.74) is 2.46. The molecule has 2 saturated heterocycles. The number of rotatable bonds is 6. The van der Waals surface area contributed by atoms with Crippen molar-refractivity contribution in [3.05, 3.63) is 35.4 Å². The molecule has 2 fully saturated rings. The fourth-order valence-electron chi connectivity index (χ4n) is 3.35. The molecule has 1 aromatic rings. The predicted molar refractivity (Wildman–Crippen MR) is 91.6 cm³/mol. The molecule has 24 heavy (non-hydrogen) atoms. The van der Waals surface area contributed by atoms with Crippen LogP contribution in [0.15, 0.2) is 24.3 Å². The summed E-state index contributed by atoms with van der Waals surface area (Å²) >= 11 is 0. The number of benzene rings is 1. The molecule has 0 radical (unpaired) electrons. The Morgan fingerprint density at radius 3 is 2.83 bits per heavy atom. The Kier molecular flexibility index (Phi) is 5.51. The summed E-state index contributed by atoms with van der Waals surface area (Å²) in [6.07, 6.45) is 3.37. The van der Waals surface area contributed by atoms with Gasteiger partial charge in [0.15, 0.2) is 0 Å². The molecular formula is C19H26N2O3. The molecule has 1 aromatic carbocycles. The van der Waals surface area contributed by atoms with Crippen LogP contribution in [0.2, 0.25) is 0 Å². The first-order chi connectivity index (χ1) is 11.6. The molecule has 130 valence electrons. The lowest BCUT2D eigenvalue weighted by Crippen LogP contribution is -2.37. The number of hydrogen-bond donors (Lipinski definition) is 1. The predicted octanol–water partition coefficient (Wildman–Crippen LogP) is 1.68. The van der Waals surface area contributed by atoms with Crippen molar-refractivity contribution in [1.82, 2.24) is 10.2 Å². The van der Waals surface area contributed by atoms with Gasteiger partial charge in [-0.25, -0.2) is 0 Å². The lowest BCUT2D eigenvalue weighted by Gasteiger charge is -2.17. The highest BCUT2D eigenvalue weighted by Crippen LogP contribution is 2.19. The molecule has 2 atom stereocenters. The lowest BCUT2D eigenvalue weighted by molar-refractivity contribution is -0.129. The fourth-order valence-corrected chi connectivity index (χ4v) is 3.35. The lowest BCUT2D eigenvalue weighted by atomic mass is 10.1. The smallest absolute Gasteiger partial charge is 0.225 e. The molecule has 0 saturated carbocycles. The van der Waals surface area contributed by atoms with Crippen molar-refractivity contribution in [2.24, 2.45) is 5.92 Å². The van der Waals surface area contributed by atoms with Crippen LogP contribution >= 0.6 is 0 Å². The van der Waals surface area contributed by atoms with Crippen LogP contribution in [0.25, 0.3) is 0 Å². The average Bonchev–Trinajstić information content (AvgIpc) is 3.22. The van der Waals surface area contributed by atoms with Crippen LogP contribution in [0.5, 0.6) is 0 Å². The van der Waals surface area contributed by atoms with Crippen molar-refractivity contribution in [1.29, 1.82) is 0 Å². The highest BCUT2D eigenvalue weighted by molar-refractivity contribution is 5.89. The number of ether oxygens (including phenoxy) is 1. The SMILES string of the molecule is Cc1ccc(CCN2C[C@@H](C(=O)NC[C@H]3CCCO3)CC2=O)cc1. The normalized spacial score (nSPS) is 23.7. The molecule has 5 nitrogen and oxygen atoms in total. The number of carbonyl (C=O) groups is 2. The second-order valence-corrected chi connectivity index (χ2v) is 6.86.